The van der Waals surface area contributed by atoms with Crippen molar-refractivity contribution < 1.29 is 0 Å². The van der Waals surface area contributed by atoms with Gasteiger partial charge in [0.05, 0.1) is 18.1 Å². The van der Waals surface area contributed by atoms with Gasteiger partial charge >= 0.3 is 0 Å². The zero-order valence-electron chi connectivity index (χ0n) is 8.32. The zero-order chi connectivity index (χ0) is 9.80. The lowest BCUT2D eigenvalue weighted by atomic mass is 10.1. The Hall–Kier alpha value is -1.16. The Balaban J connectivity index is 2.07. The molecule has 2 heterocycles. The second-order valence-corrected chi connectivity index (χ2v) is 3.62. The van der Waals surface area contributed by atoms with Gasteiger partial charge in [-0.25, -0.2) is 4.98 Å². The van der Waals surface area contributed by atoms with Crippen LogP contribution >= 0.6 is 0 Å². The van der Waals surface area contributed by atoms with Gasteiger partial charge in [0.25, 0.3) is 0 Å². The number of hydrogen-bond donors (Lipinski definition) is 1. The van der Waals surface area contributed by atoms with Crippen LogP contribution in [0.3, 0.4) is 0 Å². The summed E-state index contributed by atoms with van der Waals surface area (Å²) < 4.78 is 0. The van der Waals surface area contributed by atoms with Gasteiger partial charge in [-0.1, -0.05) is 0 Å². The summed E-state index contributed by atoms with van der Waals surface area (Å²) >= 11 is 0. The lowest BCUT2D eigenvalue weighted by Gasteiger charge is -2.27. The maximum absolute atomic E-state index is 5.46. The van der Waals surface area contributed by atoms with Crippen LogP contribution in [0.2, 0.25) is 0 Å². The fourth-order valence-corrected chi connectivity index (χ4v) is 1.74. The smallest absolute Gasteiger partial charge is 0.147 e. The Morgan fingerprint density at radius 2 is 1.93 bits per heavy atom. The molecule has 0 aliphatic carbocycles. The van der Waals surface area contributed by atoms with Crippen molar-refractivity contribution in [2.24, 2.45) is 5.73 Å². The summed E-state index contributed by atoms with van der Waals surface area (Å²) in [5, 5.41) is 0. The van der Waals surface area contributed by atoms with E-state index in [1.54, 1.807) is 6.20 Å². The van der Waals surface area contributed by atoms with Crippen LogP contribution in [0, 0.1) is 0 Å². The normalized spacial score (nSPS) is 17.1. The second kappa shape index (κ2) is 4.37. The highest BCUT2D eigenvalue weighted by atomic mass is 15.2. The molecular formula is C10H16N4. The summed E-state index contributed by atoms with van der Waals surface area (Å²) in [6.45, 7) is 2.68. The summed E-state index contributed by atoms with van der Waals surface area (Å²) in [5.41, 5.74) is 6.31. The van der Waals surface area contributed by atoms with Crippen molar-refractivity contribution in [3.05, 3.63) is 18.1 Å². The van der Waals surface area contributed by atoms with Crippen LogP contribution in [0.25, 0.3) is 0 Å². The fraction of sp³-hybridized carbons (Fsp3) is 0.600. The third-order valence-electron chi connectivity index (χ3n) is 2.58. The van der Waals surface area contributed by atoms with Crippen molar-refractivity contribution in [3.63, 3.8) is 0 Å². The van der Waals surface area contributed by atoms with Crippen molar-refractivity contribution in [1.82, 2.24) is 9.97 Å². The quantitative estimate of drug-likeness (QED) is 0.757. The molecule has 76 valence electrons. The van der Waals surface area contributed by atoms with E-state index in [9.17, 15) is 0 Å². The van der Waals surface area contributed by atoms with E-state index in [1.807, 2.05) is 6.20 Å². The maximum Gasteiger partial charge on any atom is 0.147 e. The molecule has 0 saturated carbocycles. The molecule has 0 aromatic carbocycles. The highest BCUT2D eigenvalue weighted by Gasteiger charge is 2.11. The highest BCUT2D eigenvalue weighted by molar-refractivity contribution is 5.35. The van der Waals surface area contributed by atoms with Crippen LogP contribution < -0.4 is 10.6 Å². The fourth-order valence-electron chi connectivity index (χ4n) is 1.74. The van der Waals surface area contributed by atoms with E-state index in [0.29, 0.717) is 6.54 Å². The average molecular weight is 192 g/mol. The van der Waals surface area contributed by atoms with Crippen molar-refractivity contribution in [1.29, 1.82) is 0 Å². The first-order valence-electron chi connectivity index (χ1n) is 5.16. The first kappa shape index (κ1) is 9.40. The zero-order valence-corrected chi connectivity index (χ0v) is 8.32. The van der Waals surface area contributed by atoms with Gasteiger partial charge in [-0.05, 0) is 19.3 Å². The van der Waals surface area contributed by atoms with Gasteiger partial charge in [0.15, 0.2) is 0 Å². The third-order valence-corrected chi connectivity index (χ3v) is 2.58. The Kier molecular flexibility index (Phi) is 2.93. The van der Waals surface area contributed by atoms with E-state index >= 15 is 0 Å². The molecule has 1 saturated heterocycles. The SMILES string of the molecule is NCc1cnc(N2CCCCC2)cn1. The van der Waals surface area contributed by atoms with E-state index < -0.39 is 0 Å². The summed E-state index contributed by atoms with van der Waals surface area (Å²) in [6, 6.07) is 0. The van der Waals surface area contributed by atoms with E-state index in [0.717, 1.165) is 24.6 Å². The minimum absolute atomic E-state index is 0.466. The number of nitrogens with zero attached hydrogens (tertiary/aromatic N) is 3. The van der Waals surface area contributed by atoms with Gasteiger partial charge in [0.1, 0.15) is 5.82 Å². The predicted octanol–water partition coefficient (Wildman–Crippen LogP) is 0.926. The van der Waals surface area contributed by atoms with Crippen molar-refractivity contribution >= 4 is 5.82 Å². The topological polar surface area (TPSA) is 55.0 Å². The lowest BCUT2D eigenvalue weighted by Crippen LogP contribution is -2.30. The third kappa shape index (κ3) is 2.01. The maximum atomic E-state index is 5.46. The van der Waals surface area contributed by atoms with E-state index in [2.05, 4.69) is 14.9 Å². The first-order valence-corrected chi connectivity index (χ1v) is 5.16. The number of anilines is 1. The van der Waals surface area contributed by atoms with Crippen molar-refractivity contribution in [2.45, 2.75) is 25.8 Å². The number of aromatic nitrogens is 2. The van der Waals surface area contributed by atoms with Crippen molar-refractivity contribution in [3.8, 4) is 0 Å². The Labute approximate surface area is 84.2 Å². The molecule has 1 aromatic heterocycles. The first-order chi connectivity index (χ1) is 6.90. The molecule has 4 nitrogen and oxygen atoms in total. The van der Waals surface area contributed by atoms with E-state index in [1.165, 1.54) is 19.3 Å². The minimum atomic E-state index is 0.466. The average Bonchev–Trinajstić information content (AvgIpc) is 2.30. The number of hydrogen-bond acceptors (Lipinski definition) is 4. The number of rotatable bonds is 2. The Morgan fingerprint density at radius 1 is 1.14 bits per heavy atom. The Morgan fingerprint density at radius 3 is 2.50 bits per heavy atom. The molecule has 1 aromatic rings. The van der Waals surface area contributed by atoms with Gasteiger partial charge in [-0.3, -0.25) is 4.98 Å². The van der Waals surface area contributed by atoms with Crippen LogP contribution in [-0.4, -0.2) is 23.1 Å². The molecular weight excluding hydrogens is 176 g/mol. The van der Waals surface area contributed by atoms with Crippen LogP contribution in [0.5, 0.6) is 0 Å². The molecule has 2 N–H and O–H groups in total. The van der Waals surface area contributed by atoms with Crippen LogP contribution in [0.1, 0.15) is 25.0 Å². The van der Waals surface area contributed by atoms with Gasteiger partial charge in [-0.15, -0.1) is 0 Å². The van der Waals surface area contributed by atoms with Gasteiger partial charge in [0, 0.05) is 19.6 Å². The lowest BCUT2D eigenvalue weighted by molar-refractivity contribution is 0.572. The highest BCUT2D eigenvalue weighted by Crippen LogP contribution is 2.15. The molecule has 1 fully saturated rings. The number of nitrogens with two attached hydrogens (primary N) is 1. The standard InChI is InChI=1S/C10H16N4/c11-6-9-7-13-10(8-12-9)14-4-2-1-3-5-14/h7-8H,1-6,11H2. The summed E-state index contributed by atoms with van der Waals surface area (Å²) in [5.74, 6) is 0.988. The molecule has 1 aliphatic rings. The summed E-state index contributed by atoms with van der Waals surface area (Å²) in [6.07, 6.45) is 7.46. The minimum Gasteiger partial charge on any atom is -0.355 e. The summed E-state index contributed by atoms with van der Waals surface area (Å²) in [4.78, 5) is 10.9. The van der Waals surface area contributed by atoms with Crippen LogP contribution in [-0.2, 0) is 6.54 Å². The largest absolute Gasteiger partial charge is 0.355 e. The van der Waals surface area contributed by atoms with Gasteiger partial charge < -0.3 is 10.6 Å². The molecule has 0 radical (unpaired) electrons. The van der Waals surface area contributed by atoms with E-state index in [4.69, 9.17) is 5.73 Å². The van der Waals surface area contributed by atoms with Crippen LogP contribution in [0.4, 0.5) is 5.82 Å². The van der Waals surface area contributed by atoms with Crippen LogP contribution in [0.15, 0.2) is 12.4 Å². The second-order valence-electron chi connectivity index (χ2n) is 3.62. The van der Waals surface area contributed by atoms with Gasteiger partial charge in [-0.2, -0.15) is 0 Å². The monoisotopic (exact) mass is 192 g/mol. The molecule has 0 atom stereocenters. The molecule has 0 bridgehead atoms. The molecule has 14 heavy (non-hydrogen) atoms. The molecule has 1 aliphatic heterocycles. The molecule has 0 unspecified atom stereocenters. The molecule has 4 heteroatoms. The van der Waals surface area contributed by atoms with Gasteiger partial charge in [0.2, 0.25) is 0 Å². The van der Waals surface area contributed by atoms with Crippen molar-refractivity contribution in [2.75, 3.05) is 18.0 Å². The Bertz CT molecular complexity index is 277. The summed E-state index contributed by atoms with van der Waals surface area (Å²) in [7, 11) is 0. The molecule has 0 spiro atoms. The molecule has 0 amide bonds. The molecule has 2 rings (SSSR count). The number of piperidine rings is 1. The van der Waals surface area contributed by atoms with E-state index in [-0.39, 0.29) is 0 Å². The predicted molar refractivity (Wildman–Crippen MR) is 56.0 cm³/mol.